The van der Waals surface area contributed by atoms with E-state index in [4.69, 9.17) is 0 Å². The molecule has 0 fully saturated rings. The fraction of sp³-hybridized carbons (Fsp3) is 1.00. The Labute approximate surface area is 85.2 Å². The van der Waals surface area contributed by atoms with Gasteiger partial charge in [-0.05, 0) is 0 Å². The van der Waals surface area contributed by atoms with E-state index in [-0.39, 0.29) is 0 Å². The fourth-order valence-corrected chi connectivity index (χ4v) is 1.97. The van der Waals surface area contributed by atoms with Crippen molar-refractivity contribution in [3.05, 3.63) is 0 Å². The van der Waals surface area contributed by atoms with Gasteiger partial charge in [-0.2, -0.15) is 0 Å². The summed E-state index contributed by atoms with van der Waals surface area (Å²) in [7, 11) is 0. The molecule has 62 valence electrons. The first-order chi connectivity index (χ1) is 5.41. The van der Waals surface area contributed by atoms with Gasteiger partial charge in [-0.15, -0.1) is 0 Å². The molecule has 0 spiro atoms. The number of unbranched alkanes of at least 4 members (excludes halogenated alkanes) is 7. The SMILES string of the molecule is CCCCCCCCC[CH2][Sn+3]. The summed E-state index contributed by atoms with van der Waals surface area (Å²) in [6.45, 7) is 2.28. The normalized spacial score (nSPS) is 10.5. The third kappa shape index (κ3) is 10.8. The first kappa shape index (κ1) is 11.8. The second kappa shape index (κ2) is 10.8. The predicted molar refractivity (Wildman–Crippen MR) is 53.2 cm³/mol. The van der Waals surface area contributed by atoms with Crippen molar-refractivity contribution in [1.29, 1.82) is 0 Å². The summed E-state index contributed by atoms with van der Waals surface area (Å²) >= 11 is 1.71. The molecule has 0 heterocycles. The van der Waals surface area contributed by atoms with E-state index in [9.17, 15) is 0 Å². The van der Waals surface area contributed by atoms with E-state index < -0.39 is 0 Å². The Balaban J connectivity index is 2.69. The average Bonchev–Trinajstić information content (AvgIpc) is 2.03. The molecular formula is C10H21Sn+3. The minimum absolute atomic E-state index is 1.37. The molecule has 0 aliphatic heterocycles. The monoisotopic (exact) mass is 261 g/mol. The molecule has 0 aliphatic carbocycles. The molecule has 0 nitrogen and oxygen atoms in total. The summed E-state index contributed by atoms with van der Waals surface area (Å²) in [5.74, 6) is 0. The molecule has 11 heavy (non-hydrogen) atoms. The van der Waals surface area contributed by atoms with Crippen LogP contribution in [-0.4, -0.2) is 22.5 Å². The van der Waals surface area contributed by atoms with Gasteiger partial charge in [-0.25, -0.2) is 0 Å². The maximum atomic E-state index is 2.28. The molecule has 0 radical (unpaired) electrons. The van der Waals surface area contributed by atoms with Crippen molar-refractivity contribution >= 4 is 22.5 Å². The van der Waals surface area contributed by atoms with Crippen LogP contribution in [-0.2, 0) is 0 Å². The second-order valence-corrected chi connectivity index (χ2v) is 4.65. The maximum absolute atomic E-state index is 2.28. The van der Waals surface area contributed by atoms with Gasteiger partial charge in [0.2, 0.25) is 0 Å². The van der Waals surface area contributed by atoms with Crippen molar-refractivity contribution in [2.45, 2.75) is 62.7 Å². The molecule has 0 amide bonds. The van der Waals surface area contributed by atoms with Crippen LogP contribution in [0.5, 0.6) is 0 Å². The van der Waals surface area contributed by atoms with Crippen molar-refractivity contribution in [2.24, 2.45) is 0 Å². The van der Waals surface area contributed by atoms with Gasteiger partial charge < -0.3 is 0 Å². The quantitative estimate of drug-likeness (QED) is 0.461. The number of rotatable bonds is 8. The van der Waals surface area contributed by atoms with Crippen LogP contribution in [0.4, 0.5) is 0 Å². The zero-order valence-corrected chi connectivity index (χ0v) is 10.7. The van der Waals surface area contributed by atoms with E-state index in [1.165, 1.54) is 55.8 Å². The zero-order chi connectivity index (χ0) is 8.36. The van der Waals surface area contributed by atoms with E-state index in [2.05, 4.69) is 6.92 Å². The topological polar surface area (TPSA) is 0 Å². The summed E-state index contributed by atoms with van der Waals surface area (Å²) in [5, 5.41) is 0. The Bertz CT molecular complexity index is 53.9. The van der Waals surface area contributed by atoms with Crippen LogP contribution in [0.2, 0.25) is 4.44 Å². The van der Waals surface area contributed by atoms with Crippen LogP contribution in [0.3, 0.4) is 0 Å². The Morgan fingerprint density at radius 3 is 1.64 bits per heavy atom. The molecule has 0 unspecified atom stereocenters. The van der Waals surface area contributed by atoms with Crippen LogP contribution in [0.1, 0.15) is 58.3 Å². The van der Waals surface area contributed by atoms with Gasteiger partial charge in [0.1, 0.15) is 0 Å². The minimum atomic E-state index is 1.37. The van der Waals surface area contributed by atoms with Gasteiger partial charge in [-0.1, -0.05) is 0 Å². The standard InChI is InChI=1S/C10H21.Sn/c1-3-5-7-9-10-8-6-4-2;/h1,3-10H2,2H3;/q;+3. The first-order valence-corrected chi connectivity index (χ1v) is 7.08. The molecule has 0 saturated heterocycles. The van der Waals surface area contributed by atoms with Crippen molar-refractivity contribution in [1.82, 2.24) is 0 Å². The molecule has 0 atom stereocenters. The van der Waals surface area contributed by atoms with Crippen LogP contribution in [0.15, 0.2) is 0 Å². The van der Waals surface area contributed by atoms with E-state index in [0.29, 0.717) is 0 Å². The van der Waals surface area contributed by atoms with E-state index >= 15 is 0 Å². The van der Waals surface area contributed by atoms with Gasteiger partial charge in [0.25, 0.3) is 0 Å². The molecule has 0 rings (SSSR count). The van der Waals surface area contributed by atoms with Gasteiger partial charge in [-0.3, -0.25) is 0 Å². The Morgan fingerprint density at radius 2 is 1.18 bits per heavy atom. The van der Waals surface area contributed by atoms with Gasteiger partial charge in [0.05, 0.1) is 0 Å². The predicted octanol–water partition coefficient (Wildman–Crippen LogP) is 3.71. The molecule has 0 aliphatic rings. The molecule has 0 N–H and O–H groups in total. The molecule has 1 heteroatoms. The molecule has 0 bridgehead atoms. The second-order valence-electron chi connectivity index (χ2n) is 3.22. The molecule has 0 aromatic rings. The van der Waals surface area contributed by atoms with E-state index in [1.807, 2.05) is 0 Å². The van der Waals surface area contributed by atoms with Crippen LogP contribution in [0.25, 0.3) is 0 Å². The summed E-state index contributed by atoms with van der Waals surface area (Å²) < 4.78 is 1.46. The summed E-state index contributed by atoms with van der Waals surface area (Å²) in [4.78, 5) is 0. The Kier molecular flexibility index (Phi) is 11.6. The van der Waals surface area contributed by atoms with Crippen molar-refractivity contribution in [3.63, 3.8) is 0 Å². The zero-order valence-electron chi connectivity index (χ0n) is 7.86. The first-order valence-electron chi connectivity index (χ1n) is 5.06. The summed E-state index contributed by atoms with van der Waals surface area (Å²) in [6, 6.07) is 0. The van der Waals surface area contributed by atoms with Crippen LogP contribution < -0.4 is 0 Å². The van der Waals surface area contributed by atoms with Crippen LogP contribution >= 0.6 is 0 Å². The number of hydrogen-bond donors (Lipinski definition) is 0. The third-order valence-corrected chi connectivity index (χ3v) is 3.04. The fourth-order valence-electron chi connectivity index (χ4n) is 1.26. The van der Waals surface area contributed by atoms with Gasteiger partial charge in [0, 0.05) is 0 Å². The van der Waals surface area contributed by atoms with Crippen molar-refractivity contribution in [2.75, 3.05) is 0 Å². The molecule has 0 aromatic carbocycles. The van der Waals surface area contributed by atoms with Gasteiger partial charge in [0.15, 0.2) is 0 Å². The molecule has 0 aromatic heterocycles. The van der Waals surface area contributed by atoms with Crippen molar-refractivity contribution in [3.8, 4) is 0 Å². The summed E-state index contributed by atoms with van der Waals surface area (Å²) in [6.07, 6.45) is 11.7. The Morgan fingerprint density at radius 1 is 0.727 bits per heavy atom. The molecule has 0 saturated carbocycles. The van der Waals surface area contributed by atoms with E-state index in [1.54, 1.807) is 22.5 Å². The average molecular weight is 260 g/mol. The Hall–Kier alpha value is 0.799. The van der Waals surface area contributed by atoms with Crippen LogP contribution in [0, 0.1) is 0 Å². The van der Waals surface area contributed by atoms with E-state index in [0.717, 1.165) is 0 Å². The van der Waals surface area contributed by atoms with Gasteiger partial charge >= 0.3 is 85.3 Å². The van der Waals surface area contributed by atoms with Crippen molar-refractivity contribution < 1.29 is 0 Å². The third-order valence-electron chi connectivity index (χ3n) is 2.03. The number of hydrogen-bond acceptors (Lipinski definition) is 0. The molecular weight excluding hydrogens is 239 g/mol. The summed E-state index contributed by atoms with van der Waals surface area (Å²) in [5.41, 5.74) is 0.